The number of rotatable bonds is 4. The second-order valence-electron chi connectivity index (χ2n) is 24.2. The average molecular weight is 1060 g/mol. The quantitative estimate of drug-likeness (QED) is 0.165. The number of para-hydroxylation sites is 3. The van der Waals surface area contributed by atoms with Gasteiger partial charge in [0.1, 0.15) is 17.1 Å². The van der Waals surface area contributed by atoms with Crippen molar-refractivity contribution in [2.24, 2.45) is 26.6 Å². The van der Waals surface area contributed by atoms with Crippen molar-refractivity contribution < 1.29 is 21.2 Å². The molecule has 7 heterocycles. The first-order valence-electron chi connectivity index (χ1n) is 29.5. The molecule has 13 rings (SSSR count). The van der Waals surface area contributed by atoms with Gasteiger partial charge in [0.2, 0.25) is 11.4 Å². The lowest BCUT2D eigenvalue weighted by molar-refractivity contribution is -0.745. The van der Waals surface area contributed by atoms with E-state index in [1.54, 1.807) is 0 Å². The molecule has 2 fully saturated rings. The average Bonchev–Trinajstić information content (AvgIpc) is 3.75. The number of nitrogens with zero attached hydrogens (tertiary/aromatic N) is 8. The van der Waals surface area contributed by atoms with Crippen LogP contribution >= 0.6 is 0 Å². The Kier molecular flexibility index (Phi) is 14.1. The Labute approximate surface area is 473 Å². The largest absolute Gasteiger partial charge is 0.436 e. The topological polar surface area (TPSA) is 55.7 Å². The van der Waals surface area contributed by atoms with Crippen LogP contribution < -0.4 is 18.9 Å². The van der Waals surface area contributed by atoms with E-state index in [1.807, 2.05) is 38.4 Å². The SMILES string of the molecule is Cc1cccc2c1-n1c(cc[n+]1C)C(C)(C)C2(C)C.Cc1ccccc1-n1ccc(-c2ccccc2)[n+]1C.Cc1ccccc1-n1ccc[n+]1C.[2H]C1([2H])C2(CCCCC2)C(C)N(c2c(C)ccc3c2oc2nc(C)ccc23)C1(C)C. The molecule has 0 N–H and O–H groups in total. The van der Waals surface area contributed by atoms with E-state index < -0.39 is 11.9 Å². The Morgan fingerprint density at radius 3 is 1.85 bits per heavy atom. The van der Waals surface area contributed by atoms with Crippen molar-refractivity contribution in [2.75, 3.05) is 4.90 Å². The monoisotopic (exact) mass is 1060 g/mol. The van der Waals surface area contributed by atoms with Gasteiger partial charge in [-0.15, -0.1) is 28.1 Å². The molecule has 3 aliphatic rings. The van der Waals surface area contributed by atoms with Gasteiger partial charge in [-0.3, -0.25) is 0 Å². The zero-order valence-corrected chi connectivity index (χ0v) is 49.7. The molecule has 1 unspecified atom stereocenters. The fraction of sp³-hybridized carbons (Fsp3) is 0.371. The summed E-state index contributed by atoms with van der Waals surface area (Å²) in [5, 5.41) is 2.09. The van der Waals surface area contributed by atoms with Gasteiger partial charge < -0.3 is 9.32 Å². The summed E-state index contributed by atoms with van der Waals surface area (Å²) in [7, 11) is 6.25. The van der Waals surface area contributed by atoms with E-state index in [2.05, 4.69) is 268 Å². The van der Waals surface area contributed by atoms with Crippen molar-refractivity contribution in [2.45, 2.75) is 144 Å². The second kappa shape index (κ2) is 21.3. The summed E-state index contributed by atoms with van der Waals surface area (Å²) in [5.41, 5.74) is 16.8. The molecule has 2 aliphatic heterocycles. The highest BCUT2D eigenvalue weighted by molar-refractivity contribution is 6.08. The van der Waals surface area contributed by atoms with Crippen LogP contribution in [-0.2, 0) is 32.0 Å². The van der Waals surface area contributed by atoms with Gasteiger partial charge in [0.15, 0.2) is 39.1 Å². The lowest BCUT2D eigenvalue weighted by Gasteiger charge is -2.46. The summed E-state index contributed by atoms with van der Waals surface area (Å²) in [6.07, 6.45) is 12.4. The van der Waals surface area contributed by atoms with Crippen molar-refractivity contribution in [3.05, 3.63) is 204 Å². The first kappa shape index (κ1) is 52.2. The third kappa shape index (κ3) is 9.82. The highest BCUT2D eigenvalue weighted by Gasteiger charge is 2.54. The van der Waals surface area contributed by atoms with Crippen LogP contribution in [0.25, 0.3) is 50.4 Å². The lowest BCUT2D eigenvalue weighted by atomic mass is 9.60. The number of aryl methyl sites for hydroxylation is 7. The smallest absolute Gasteiger partial charge is 0.238 e. The molecule has 1 atom stereocenters. The van der Waals surface area contributed by atoms with Gasteiger partial charge in [0, 0.05) is 65.4 Å². The van der Waals surface area contributed by atoms with Crippen LogP contribution in [0.2, 0.25) is 0 Å². The summed E-state index contributed by atoms with van der Waals surface area (Å²) >= 11 is 0. The van der Waals surface area contributed by atoms with E-state index >= 15 is 0 Å². The lowest BCUT2D eigenvalue weighted by Crippen LogP contribution is -2.51. The third-order valence-corrected chi connectivity index (χ3v) is 18.2. The fourth-order valence-electron chi connectivity index (χ4n) is 13.2. The van der Waals surface area contributed by atoms with Crippen LogP contribution in [0.3, 0.4) is 0 Å². The third-order valence-electron chi connectivity index (χ3n) is 18.2. The molecule has 9 nitrogen and oxygen atoms in total. The van der Waals surface area contributed by atoms with Crippen LogP contribution in [0.4, 0.5) is 5.69 Å². The first-order valence-corrected chi connectivity index (χ1v) is 28.5. The number of benzene rings is 5. The molecule has 1 spiro atoms. The predicted molar refractivity (Wildman–Crippen MR) is 324 cm³/mol. The first-order chi connectivity index (χ1) is 38.5. The zero-order chi connectivity index (χ0) is 58.0. The molecule has 0 bridgehead atoms. The number of aromatic nitrogens is 7. The Bertz CT molecular complexity index is 3900. The molecule has 5 aromatic heterocycles. The minimum atomic E-state index is -1.30. The van der Waals surface area contributed by atoms with E-state index in [0.29, 0.717) is 5.71 Å². The highest BCUT2D eigenvalue weighted by atomic mass is 16.3. The molecular weight excluding hydrogens is 969 g/mol. The van der Waals surface area contributed by atoms with Crippen LogP contribution in [-0.4, -0.2) is 30.6 Å². The Morgan fingerprint density at radius 1 is 0.570 bits per heavy atom. The van der Waals surface area contributed by atoms with Gasteiger partial charge >= 0.3 is 0 Å². The van der Waals surface area contributed by atoms with Crippen molar-refractivity contribution >= 4 is 27.8 Å². The standard InChI is InChI=1S/C25H32N2O.C17H23N2.C17H17N2.C11H13N2/c1-16-9-11-19-20-12-10-17(2)26-23(20)28-22(19)21(16)27-18(3)25(15-24(27,4)5)13-7-6-8-14-25;1-12-8-7-9-13-15(12)19-14(10-11-18(19)6)17(4,5)16(13,2)3;1-14-8-6-7-11-16(14)19-13-12-17(18(19)2)15-9-4-3-5-10-15;1-10-6-3-4-7-11(10)13-9-5-8-12(13)2/h9-12,18H,6-8,13-15H2,1-5H3;7-11H,1-6H3;3-13H,1-2H3;3-9H,1-2H3/q;3*+1/i15D2;;;. The van der Waals surface area contributed by atoms with E-state index in [1.165, 1.54) is 62.7 Å². The molecule has 5 aromatic carbocycles. The molecular formula is C70H85N8O+3. The molecule has 10 aromatic rings. The maximum atomic E-state index is 9.34. The van der Waals surface area contributed by atoms with Crippen LogP contribution in [0.1, 0.15) is 129 Å². The summed E-state index contributed by atoms with van der Waals surface area (Å²) in [6, 6.07) is 48.8. The molecule has 1 saturated heterocycles. The Morgan fingerprint density at radius 2 is 1.19 bits per heavy atom. The van der Waals surface area contributed by atoms with Gasteiger partial charge in [-0.2, -0.15) is 0 Å². The highest BCUT2D eigenvalue weighted by Crippen LogP contribution is 2.57. The van der Waals surface area contributed by atoms with Crippen molar-refractivity contribution in [1.82, 2.24) is 19.0 Å². The number of hydrogen-bond donors (Lipinski definition) is 0. The minimum Gasteiger partial charge on any atom is -0.436 e. The normalized spacial score (nSPS) is 18.3. The molecule has 79 heavy (non-hydrogen) atoms. The van der Waals surface area contributed by atoms with E-state index in [0.717, 1.165) is 59.0 Å². The molecule has 408 valence electrons. The Balaban J connectivity index is 0.000000127. The number of hydrogen-bond acceptors (Lipinski definition) is 3. The van der Waals surface area contributed by atoms with Gasteiger partial charge in [0.05, 0.1) is 23.8 Å². The molecule has 9 heteroatoms. The van der Waals surface area contributed by atoms with E-state index in [-0.39, 0.29) is 22.3 Å². The number of anilines is 1. The van der Waals surface area contributed by atoms with Gasteiger partial charge in [-0.05, 0) is 144 Å². The van der Waals surface area contributed by atoms with E-state index in [9.17, 15) is 2.74 Å². The number of furan rings is 1. The molecule has 0 radical (unpaired) electrons. The fourth-order valence-corrected chi connectivity index (χ4v) is 13.2. The van der Waals surface area contributed by atoms with Crippen molar-refractivity contribution in [3.8, 4) is 28.3 Å². The second-order valence-corrected chi connectivity index (χ2v) is 24.2. The van der Waals surface area contributed by atoms with E-state index in [4.69, 9.17) is 4.42 Å². The molecule has 1 saturated carbocycles. The van der Waals surface area contributed by atoms with Crippen molar-refractivity contribution in [3.63, 3.8) is 0 Å². The maximum absolute atomic E-state index is 9.34. The van der Waals surface area contributed by atoms with Crippen molar-refractivity contribution in [1.29, 1.82) is 0 Å². The van der Waals surface area contributed by atoms with Crippen LogP contribution in [0, 0.1) is 40.0 Å². The Hall–Kier alpha value is -7.52. The number of fused-ring (bicyclic) bond motifs is 6. The molecule has 0 amide bonds. The summed E-state index contributed by atoms with van der Waals surface area (Å²) < 4.78 is 38.1. The summed E-state index contributed by atoms with van der Waals surface area (Å²) in [4.78, 5) is 6.97. The number of pyridine rings is 1. The summed E-state index contributed by atoms with van der Waals surface area (Å²) in [6.45, 7) is 26.4. The van der Waals surface area contributed by atoms with Crippen LogP contribution in [0.15, 0.2) is 169 Å². The van der Waals surface area contributed by atoms with Crippen LogP contribution in [0.5, 0.6) is 0 Å². The van der Waals surface area contributed by atoms with Gasteiger partial charge in [0.25, 0.3) is 0 Å². The molecule has 1 aliphatic carbocycles. The predicted octanol–water partition coefficient (Wildman–Crippen LogP) is 15.0. The van der Waals surface area contributed by atoms with Gasteiger partial charge in [-0.25, -0.2) is 4.98 Å². The maximum Gasteiger partial charge on any atom is 0.238 e. The minimum absolute atomic E-state index is 0.0926. The summed E-state index contributed by atoms with van der Waals surface area (Å²) in [5.74, 6) is 0. The van der Waals surface area contributed by atoms with Gasteiger partial charge in [-0.1, -0.05) is 132 Å². The zero-order valence-electron chi connectivity index (χ0n) is 51.7.